The van der Waals surface area contributed by atoms with Gasteiger partial charge < -0.3 is 0 Å². The molecule has 0 atom stereocenters. The van der Waals surface area contributed by atoms with Crippen molar-refractivity contribution in [3.05, 3.63) is 22.1 Å². The molecule has 0 radical (unpaired) electrons. The summed E-state index contributed by atoms with van der Waals surface area (Å²) < 4.78 is 1.41. The lowest BCUT2D eigenvalue weighted by molar-refractivity contribution is 0.829. The number of fused-ring (bicyclic) bond motifs is 1. The second-order valence-electron chi connectivity index (χ2n) is 3.28. The van der Waals surface area contributed by atoms with Crippen LogP contribution >= 0.6 is 23.2 Å². The summed E-state index contributed by atoms with van der Waals surface area (Å²) in [7, 11) is 0. The average molecular weight is 231 g/mol. The molecule has 0 saturated heterocycles. The van der Waals surface area contributed by atoms with E-state index in [-0.39, 0.29) is 5.28 Å². The molecule has 14 heavy (non-hydrogen) atoms. The van der Waals surface area contributed by atoms with E-state index in [1.165, 1.54) is 4.52 Å². The molecular formula is C8H8Cl2N4. The minimum atomic E-state index is 0.220. The first-order valence-corrected chi connectivity index (χ1v) is 4.92. The Morgan fingerprint density at radius 2 is 2.00 bits per heavy atom. The molecule has 2 aromatic rings. The van der Waals surface area contributed by atoms with Gasteiger partial charge in [0.15, 0.2) is 10.8 Å². The predicted molar refractivity (Wildman–Crippen MR) is 54.9 cm³/mol. The molecule has 0 aliphatic rings. The lowest BCUT2D eigenvalue weighted by Gasteiger charge is -2.06. The van der Waals surface area contributed by atoms with Gasteiger partial charge in [0.25, 0.3) is 0 Å². The number of hydrogen-bond acceptors (Lipinski definition) is 3. The van der Waals surface area contributed by atoms with Gasteiger partial charge in [0.1, 0.15) is 0 Å². The second-order valence-corrected chi connectivity index (χ2v) is 3.98. The van der Waals surface area contributed by atoms with Crippen molar-refractivity contribution in [1.82, 2.24) is 19.8 Å². The van der Waals surface area contributed by atoms with E-state index in [0.29, 0.717) is 16.7 Å². The van der Waals surface area contributed by atoms with Crippen LogP contribution in [0.5, 0.6) is 0 Å². The van der Waals surface area contributed by atoms with Crippen molar-refractivity contribution in [1.29, 1.82) is 0 Å². The van der Waals surface area contributed by atoms with E-state index < -0.39 is 0 Å². The molecule has 0 aromatic carbocycles. The Morgan fingerprint density at radius 3 is 2.64 bits per heavy atom. The molecular weight excluding hydrogens is 223 g/mol. The van der Waals surface area contributed by atoms with E-state index in [4.69, 9.17) is 23.2 Å². The van der Waals surface area contributed by atoms with Crippen molar-refractivity contribution in [3.8, 4) is 0 Å². The van der Waals surface area contributed by atoms with Crippen LogP contribution in [-0.2, 0) is 0 Å². The quantitative estimate of drug-likeness (QED) is 0.757. The third-order valence-corrected chi connectivity index (χ3v) is 2.49. The fourth-order valence-corrected chi connectivity index (χ4v) is 1.71. The van der Waals surface area contributed by atoms with Crippen LogP contribution in [0.4, 0.5) is 0 Å². The van der Waals surface area contributed by atoms with Crippen molar-refractivity contribution in [2.45, 2.75) is 19.8 Å². The van der Waals surface area contributed by atoms with Gasteiger partial charge in [-0.2, -0.15) is 9.61 Å². The van der Waals surface area contributed by atoms with Crippen molar-refractivity contribution in [2.24, 2.45) is 0 Å². The van der Waals surface area contributed by atoms with Gasteiger partial charge in [0.2, 0.25) is 5.28 Å². The van der Waals surface area contributed by atoms with E-state index in [1.807, 2.05) is 19.9 Å². The molecule has 0 N–H and O–H groups in total. The minimum Gasteiger partial charge on any atom is -0.182 e. The highest BCUT2D eigenvalue weighted by Gasteiger charge is 2.11. The summed E-state index contributed by atoms with van der Waals surface area (Å²) in [6, 6.07) is 1.85. The van der Waals surface area contributed by atoms with Gasteiger partial charge in [-0.15, -0.1) is 10.2 Å². The first-order chi connectivity index (χ1) is 6.59. The van der Waals surface area contributed by atoms with Gasteiger partial charge in [-0.25, -0.2) is 0 Å². The Balaban J connectivity index is 2.72. The maximum atomic E-state index is 5.98. The van der Waals surface area contributed by atoms with Gasteiger partial charge in [-0.3, -0.25) is 0 Å². The Labute approximate surface area is 90.8 Å². The van der Waals surface area contributed by atoms with Crippen molar-refractivity contribution >= 4 is 28.8 Å². The lowest BCUT2D eigenvalue weighted by Crippen LogP contribution is -1.98. The summed E-state index contributed by atoms with van der Waals surface area (Å²) in [6.45, 7) is 4.08. The summed E-state index contributed by atoms with van der Waals surface area (Å²) in [5.41, 5.74) is 1.56. The normalized spacial score (nSPS) is 11.5. The summed E-state index contributed by atoms with van der Waals surface area (Å²) in [5.74, 6) is 0.301. The molecule has 74 valence electrons. The maximum absolute atomic E-state index is 5.98. The van der Waals surface area contributed by atoms with Crippen molar-refractivity contribution < 1.29 is 0 Å². The maximum Gasteiger partial charge on any atom is 0.246 e. The van der Waals surface area contributed by atoms with Crippen LogP contribution in [0, 0.1) is 0 Å². The summed E-state index contributed by atoms with van der Waals surface area (Å²) in [5, 5.41) is 12.3. The molecule has 0 amide bonds. The highest BCUT2D eigenvalue weighted by molar-refractivity contribution is 6.30. The van der Waals surface area contributed by atoms with Crippen LogP contribution in [0.15, 0.2) is 6.07 Å². The van der Waals surface area contributed by atoms with Crippen LogP contribution in [0.1, 0.15) is 25.3 Å². The lowest BCUT2D eigenvalue weighted by atomic mass is 10.1. The Bertz CT molecular complexity index is 477. The molecule has 0 fully saturated rings. The van der Waals surface area contributed by atoms with Crippen molar-refractivity contribution in [3.63, 3.8) is 0 Å². The number of nitrogens with zero attached hydrogens (tertiary/aromatic N) is 4. The monoisotopic (exact) mass is 230 g/mol. The molecule has 0 unspecified atom stereocenters. The molecule has 4 nitrogen and oxygen atoms in total. The topological polar surface area (TPSA) is 43.1 Å². The van der Waals surface area contributed by atoms with Gasteiger partial charge in [0.05, 0.1) is 0 Å². The zero-order valence-corrected chi connectivity index (χ0v) is 9.21. The van der Waals surface area contributed by atoms with E-state index in [0.717, 1.165) is 5.56 Å². The van der Waals surface area contributed by atoms with E-state index in [9.17, 15) is 0 Å². The minimum absolute atomic E-state index is 0.220. The number of hydrogen-bond donors (Lipinski definition) is 0. The Hall–Kier alpha value is -0.870. The molecule has 0 aliphatic heterocycles. The SMILES string of the molecule is CC(C)c1cc2nnc(Cl)n2nc1Cl. The van der Waals surface area contributed by atoms with Gasteiger partial charge in [-0.05, 0) is 29.1 Å². The van der Waals surface area contributed by atoms with Gasteiger partial charge >= 0.3 is 0 Å². The standard InChI is InChI=1S/C8H8Cl2N4/c1-4(2)5-3-6-11-12-8(10)14(6)13-7(5)9/h3-4H,1-2H3. The fourth-order valence-electron chi connectivity index (χ4n) is 1.20. The van der Waals surface area contributed by atoms with E-state index >= 15 is 0 Å². The van der Waals surface area contributed by atoms with Crippen LogP contribution < -0.4 is 0 Å². The summed E-state index contributed by atoms with van der Waals surface area (Å²) in [4.78, 5) is 0. The second kappa shape index (κ2) is 3.37. The third kappa shape index (κ3) is 1.44. The molecule has 0 spiro atoms. The molecule has 6 heteroatoms. The first-order valence-electron chi connectivity index (χ1n) is 4.17. The smallest absolute Gasteiger partial charge is 0.182 e. The van der Waals surface area contributed by atoms with Crippen LogP contribution in [0.2, 0.25) is 10.4 Å². The van der Waals surface area contributed by atoms with Crippen LogP contribution in [0.3, 0.4) is 0 Å². The Kier molecular flexibility index (Phi) is 2.33. The third-order valence-electron chi connectivity index (χ3n) is 1.96. The zero-order chi connectivity index (χ0) is 10.3. The highest BCUT2D eigenvalue weighted by Crippen LogP contribution is 2.23. The summed E-state index contributed by atoms with van der Waals surface area (Å²) in [6.07, 6.45) is 0. The molecule has 0 saturated carbocycles. The molecule has 2 rings (SSSR count). The summed E-state index contributed by atoms with van der Waals surface area (Å²) >= 11 is 11.7. The largest absolute Gasteiger partial charge is 0.246 e. The first kappa shape index (κ1) is 9.68. The zero-order valence-electron chi connectivity index (χ0n) is 7.70. The molecule has 0 aliphatic carbocycles. The van der Waals surface area contributed by atoms with E-state index in [1.54, 1.807) is 0 Å². The van der Waals surface area contributed by atoms with E-state index in [2.05, 4.69) is 15.3 Å². The Morgan fingerprint density at radius 1 is 1.29 bits per heavy atom. The number of aromatic nitrogens is 4. The molecule has 2 aromatic heterocycles. The fraction of sp³-hybridized carbons (Fsp3) is 0.375. The predicted octanol–water partition coefficient (Wildman–Crippen LogP) is 2.55. The highest BCUT2D eigenvalue weighted by atomic mass is 35.5. The van der Waals surface area contributed by atoms with Crippen molar-refractivity contribution in [2.75, 3.05) is 0 Å². The molecule has 0 bridgehead atoms. The van der Waals surface area contributed by atoms with Gasteiger partial charge in [-0.1, -0.05) is 25.4 Å². The number of rotatable bonds is 1. The number of halogens is 2. The van der Waals surface area contributed by atoms with Crippen LogP contribution in [-0.4, -0.2) is 19.8 Å². The van der Waals surface area contributed by atoms with Gasteiger partial charge in [0, 0.05) is 0 Å². The average Bonchev–Trinajstić information content (AvgIpc) is 2.46. The molecule has 2 heterocycles. The van der Waals surface area contributed by atoms with Crippen LogP contribution in [0.25, 0.3) is 5.65 Å².